The van der Waals surface area contributed by atoms with Crippen molar-refractivity contribution in [2.75, 3.05) is 26.2 Å². The van der Waals surface area contributed by atoms with Crippen LogP contribution in [0, 0.1) is 5.92 Å². The fraction of sp³-hybridized carbons (Fsp3) is 0.647. The number of nitrogens with zero attached hydrogens (tertiary/aromatic N) is 1. The van der Waals surface area contributed by atoms with E-state index in [1.165, 1.54) is 42.1 Å². The third-order valence-corrected chi connectivity index (χ3v) is 5.84. The van der Waals surface area contributed by atoms with Gasteiger partial charge in [-0.1, -0.05) is 52.9 Å². The van der Waals surface area contributed by atoms with Gasteiger partial charge in [0, 0.05) is 41.7 Å². The van der Waals surface area contributed by atoms with Gasteiger partial charge in [-0.2, -0.15) is 0 Å². The summed E-state index contributed by atoms with van der Waals surface area (Å²) in [6.45, 7) is 4.51. The minimum Gasteiger partial charge on any atom is -0.314 e. The molecule has 6 heteroatoms. The van der Waals surface area contributed by atoms with Crippen LogP contribution in [0.25, 0.3) is 0 Å². The topological polar surface area (TPSA) is 15.3 Å². The molecule has 0 bridgehead atoms. The fourth-order valence-electron chi connectivity index (χ4n) is 3.90. The predicted octanol–water partition coefficient (Wildman–Crippen LogP) is 5.47. The van der Waals surface area contributed by atoms with Gasteiger partial charge in [0.15, 0.2) is 0 Å². The molecule has 1 aliphatic carbocycles. The Hall–Kier alpha value is 0.490. The van der Waals surface area contributed by atoms with Crippen LogP contribution in [0.4, 0.5) is 0 Å². The summed E-state index contributed by atoms with van der Waals surface area (Å²) in [7, 11) is 0. The molecule has 0 amide bonds. The maximum absolute atomic E-state index is 6.14. The average molecular weight is 445 g/mol. The molecule has 1 N–H and O–H groups in total. The zero-order chi connectivity index (χ0) is 14.7. The zero-order valence-electron chi connectivity index (χ0n) is 13.3. The van der Waals surface area contributed by atoms with E-state index < -0.39 is 0 Å². The summed E-state index contributed by atoms with van der Waals surface area (Å²) in [5.41, 5.74) is 1.42. The molecule has 1 atom stereocenters. The molecule has 2 aliphatic rings. The van der Waals surface area contributed by atoms with Gasteiger partial charge in [0.05, 0.1) is 0 Å². The Morgan fingerprint density at radius 1 is 1.09 bits per heavy atom. The van der Waals surface area contributed by atoms with Crippen LogP contribution in [0.1, 0.15) is 43.7 Å². The van der Waals surface area contributed by atoms with E-state index in [-0.39, 0.29) is 24.8 Å². The van der Waals surface area contributed by atoms with Crippen LogP contribution in [0.3, 0.4) is 0 Å². The lowest BCUT2D eigenvalue weighted by Gasteiger charge is -2.41. The number of benzene rings is 1. The Bertz CT molecular complexity index is 457. The van der Waals surface area contributed by atoms with Crippen molar-refractivity contribution in [3.05, 3.63) is 33.3 Å². The monoisotopic (exact) mass is 442 g/mol. The highest BCUT2D eigenvalue weighted by Crippen LogP contribution is 2.41. The van der Waals surface area contributed by atoms with Gasteiger partial charge in [-0.25, -0.2) is 0 Å². The molecular formula is C17H26BrCl3N2. The van der Waals surface area contributed by atoms with Crippen molar-refractivity contribution in [2.24, 2.45) is 5.92 Å². The van der Waals surface area contributed by atoms with Crippen molar-refractivity contribution in [2.45, 2.75) is 38.1 Å². The Morgan fingerprint density at radius 3 is 2.35 bits per heavy atom. The van der Waals surface area contributed by atoms with E-state index in [1.54, 1.807) is 0 Å². The van der Waals surface area contributed by atoms with Crippen molar-refractivity contribution in [1.82, 2.24) is 10.2 Å². The minimum absolute atomic E-state index is 0. The summed E-state index contributed by atoms with van der Waals surface area (Å²) in [6, 6.07) is 6.86. The zero-order valence-corrected chi connectivity index (χ0v) is 17.2. The van der Waals surface area contributed by atoms with Gasteiger partial charge < -0.3 is 5.32 Å². The quantitative estimate of drug-likeness (QED) is 0.665. The largest absolute Gasteiger partial charge is 0.314 e. The molecular weight excluding hydrogens is 418 g/mol. The lowest BCUT2D eigenvalue weighted by atomic mass is 9.80. The number of hydrogen-bond donors (Lipinski definition) is 1. The van der Waals surface area contributed by atoms with Gasteiger partial charge >= 0.3 is 0 Å². The molecule has 0 spiro atoms. The van der Waals surface area contributed by atoms with E-state index in [0.29, 0.717) is 6.04 Å². The van der Waals surface area contributed by atoms with Crippen molar-refractivity contribution in [1.29, 1.82) is 0 Å². The Kier molecular flexibility index (Phi) is 9.81. The molecule has 2 nitrogen and oxygen atoms in total. The Morgan fingerprint density at radius 2 is 1.74 bits per heavy atom. The lowest BCUT2D eigenvalue weighted by Crippen LogP contribution is -2.47. The molecule has 1 aliphatic heterocycles. The van der Waals surface area contributed by atoms with Gasteiger partial charge in [0.25, 0.3) is 0 Å². The van der Waals surface area contributed by atoms with Gasteiger partial charge in [-0.05, 0) is 36.5 Å². The van der Waals surface area contributed by atoms with Crippen LogP contribution in [0.5, 0.6) is 0 Å². The van der Waals surface area contributed by atoms with E-state index in [2.05, 4.69) is 38.3 Å². The summed E-state index contributed by atoms with van der Waals surface area (Å²) in [4.78, 5) is 2.68. The smallest absolute Gasteiger partial charge is 0.0417 e. The van der Waals surface area contributed by atoms with E-state index >= 15 is 0 Å². The molecule has 1 aromatic carbocycles. The Labute approximate surface area is 165 Å². The minimum atomic E-state index is 0. The number of rotatable bonds is 3. The Balaban J connectivity index is 0.00000132. The maximum Gasteiger partial charge on any atom is 0.0417 e. The highest BCUT2D eigenvalue weighted by atomic mass is 79.9. The summed E-state index contributed by atoms with van der Waals surface area (Å²) >= 11 is 9.89. The normalized spacial score (nSPS) is 21.1. The van der Waals surface area contributed by atoms with E-state index in [4.69, 9.17) is 11.6 Å². The second kappa shape index (κ2) is 10.5. The van der Waals surface area contributed by atoms with Gasteiger partial charge in [0.2, 0.25) is 0 Å². The molecule has 0 aromatic heterocycles. The molecule has 23 heavy (non-hydrogen) atoms. The first-order chi connectivity index (χ1) is 10.3. The number of hydrogen-bond acceptors (Lipinski definition) is 2. The van der Waals surface area contributed by atoms with Gasteiger partial charge in [-0.3, -0.25) is 4.90 Å². The molecule has 1 heterocycles. The summed E-state index contributed by atoms with van der Waals surface area (Å²) in [5.74, 6) is 0.786. The predicted molar refractivity (Wildman–Crippen MR) is 107 cm³/mol. The summed E-state index contributed by atoms with van der Waals surface area (Å²) < 4.78 is 1.17. The highest BCUT2D eigenvalue weighted by Gasteiger charge is 2.32. The fourth-order valence-corrected chi connectivity index (χ4v) is 4.82. The van der Waals surface area contributed by atoms with Gasteiger partial charge in [-0.15, -0.1) is 24.8 Å². The second-order valence-electron chi connectivity index (χ2n) is 6.29. The first kappa shape index (κ1) is 21.5. The van der Waals surface area contributed by atoms with Crippen LogP contribution in [0.2, 0.25) is 5.02 Å². The van der Waals surface area contributed by atoms with Crippen LogP contribution >= 0.6 is 52.3 Å². The number of piperazine rings is 1. The molecule has 3 rings (SSSR count). The van der Waals surface area contributed by atoms with Crippen molar-refractivity contribution in [3.8, 4) is 0 Å². The highest BCUT2D eigenvalue weighted by molar-refractivity contribution is 9.10. The first-order valence-corrected chi connectivity index (χ1v) is 9.32. The van der Waals surface area contributed by atoms with E-state index in [1.807, 2.05) is 6.07 Å². The standard InChI is InChI=1S/C17H24BrClN2.2ClH/c18-16-12-14(19)6-7-15(16)17(13-4-2-1-3-5-13)21-10-8-20-9-11-21;;/h6-7,12-13,17,20H,1-5,8-11H2;2*1H/t17-;;/m1../s1. The van der Waals surface area contributed by atoms with Crippen LogP contribution in [-0.2, 0) is 0 Å². The van der Waals surface area contributed by atoms with E-state index in [0.717, 1.165) is 37.1 Å². The van der Waals surface area contributed by atoms with Gasteiger partial charge in [0.1, 0.15) is 0 Å². The molecule has 1 aromatic rings. The van der Waals surface area contributed by atoms with Crippen molar-refractivity contribution in [3.63, 3.8) is 0 Å². The molecule has 1 saturated carbocycles. The average Bonchev–Trinajstić information content (AvgIpc) is 2.52. The number of halogens is 4. The van der Waals surface area contributed by atoms with Crippen LogP contribution in [0.15, 0.2) is 22.7 Å². The summed E-state index contributed by atoms with van der Waals surface area (Å²) in [6.07, 6.45) is 6.91. The molecule has 1 saturated heterocycles. The van der Waals surface area contributed by atoms with Crippen LogP contribution in [-0.4, -0.2) is 31.1 Å². The lowest BCUT2D eigenvalue weighted by molar-refractivity contribution is 0.103. The van der Waals surface area contributed by atoms with Crippen LogP contribution < -0.4 is 5.32 Å². The SMILES string of the molecule is Cl.Cl.Clc1ccc([C@@H](C2CCCCC2)N2CCNCC2)c(Br)c1. The summed E-state index contributed by atoms with van der Waals surface area (Å²) in [5, 5.41) is 4.29. The third kappa shape index (κ3) is 5.49. The molecule has 0 radical (unpaired) electrons. The first-order valence-electron chi connectivity index (χ1n) is 8.15. The molecule has 132 valence electrons. The van der Waals surface area contributed by atoms with E-state index in [9.17, 15) is 0 Å². The number of nitrogens with one attached hydrogen (secondary N) is 1. The maximum atomic E-state index is 6.14. The van der Waals surface area contributed by atoms with Crippen molar-refractivity contribution < 1.29 is 0 Å². The molecule has 0 unspecified atom stereocenters. The molecule has 2 fully saturated rings. The third-order valence-electron chi connectivity index (χ3n) is 4.92. The van der Waals surface area contributed by atoms with Crippen molar-refractivity contribution >= 4 is 52.3 Å². The second-order valence-corrected chi connectivity index (χ2v) is 7.59.